The van der Waals surface area contributed by atoms with E-state index in [0.717, 1.165) is 26.2 Å². The number of nitrogens with one attached hydrogen (secondary N) is 1. The Balaban J connectivity index is 1.91. The highest BCUT2D eigenvalue weighted by atomic mass is 32.2. The minimum Gasteiger partial charge on any atom is -0.411 e. The maximum Gasteiger partial charge on any atom is 0.293 e. The zero-order valence-corrected chi connectivity index (χ0v) is 14.4. The Kier molecular flexibility index (Phi) is 5.00. The average Bonchev–Trinajstić information content (AvgIpc) is 3.03. The first-order valence-electron chi connectivity index (χ1n) is 7.79. The quantitative estimate of drug-likeness (QED) is 0.500. The Hall–Kier alpha value is -2.13. The first-order chi connectivity index (χ1) is 11.5. The molecule has 2 heterocycles. The zero-order valence-electron chi connectivity index (χ0n) is 13.6. The number of thioether (sulfide) groups is 1. The highest BCUT2D eigenvalue weighted by molar-refractivity contribution is 7.99. The third-order valence-electron chi connectivity index (χ3n) is 3.62. The SMILES string of the molecule is CC(C)Sc1nnc(-c2ccc(N3CCNCC3)c([N+](=O)[O-])c2)o1. The summed E-state index contributed by atoms with van der Waals surface area (Å²) in [5, 5.41) is 23.5. The molecule has 2 aromatic rings. The van der Waals surface area contributed by atoms with Gasteiger partial charge in [-0.05, 0) is 12.1 Å². The summed E-state index contributed by atoms with van der Waals surface area (Å²) in [6, 6.07) is 5.06. The lowest BCUT2D eigenvalue weighted by molar-refractivity contribution is -0.384. The van der Waals surface area contributed by atoms with Crippen molar-refractivity contribution in [1.29, 1.82) is 0 Å². The van der Waals surface area contributed by atoms with Gasteiger partial charge >= 0.3 is 0 Å². The first-order valence-corrected chi connectivity index (χ1v) is 8.67. The van der Waals surface area contributed by atoms with Gasteiger partial charge in [0.2, 0.25) is 5.89 Å². The Bertz CT molecular complexity index is 728. The fourth-order valence-corrected chi connectivity index (χ4v) is 3.17. The molecule has 0 unspecified atom stereocenters. The fourth-order valence-electron chi connectivity index (χ4n) is 2.55. The highest BCUT2D eigenvalue weighted by Crippen LogP contribution is 2.34. The molecule has 0 radical (unpaired) electrons. The molecular weight excluding hydrogens is 330 g/mol. The van der Waals surface area contributed by atoms with Crippen LogP contribution in [0.25, 0.3) is 11.5 Å². The molecule has 0 atom stereocenters. The van der Waals surface area contributed by atoms with Crippen LogP contribution in [0.4, 0.5) is 11.4 Å². The normalized spacial score (nSPS) is 15.0. The van der Waals surface area contributed by atoms with E-state index in [1.165, 1.54) is 17.8 Å². The van der Waals surface area contributed by atoms with Crippen LogP contribution >= 0.6 is 11.8 Å². The summed E-state index contributed by atoms with van der Waals surface area (Å²) in [6.45, 7) is 7.19. The molecule has 1 N–H and O–H groups in total. The molecule has 24 heavy (non-hydrogen) atoms. The minimum atomic E-state index is -0.360. The second-order valence-corrected chi connectivity index (χ2v) is 7.27. The third-order valence-corrected chi connectivity index (χ3v) is 4.46. The molecule has 1 aromatic heterocycles. The number of aromatic nitrogens is 2. The van der Waals surface area contributed by atoms with Crippen LogP contribution in [0, 0.1) is 10.1 Å². The molecular formula is C15H19N5O3S. The fraction of sp³-hybridized carbons (Fsp3) is 0.467. The van der Waals surface area contributed by atoms with Crippen LogP contribution in [0.2, 0.25) is 0 Å². The van der Waals surface area contributed by atoms with Crippen LogP contribution in [-0.2, 0) is 0 Å². The number of nitro benzene ring substituents is 1. The molecule has 1 aliphatic rings. The van der Waals surface area contributed by atoms with Crippen LogP contribution < -0.4 is 10.2 Å². The molecule has 1 fully saturated rings. The van der Waals surface area contributed by atoms with E-state index in [1.54, 1.807) is 12.1 Å². The largest absolute Gasteiger partial charge is 0.411 e. The Morgan fingerprint density at radius 3 is 2.75 bits per heavy atom. The lowest BCUT2D eigenvalue weighted by Gasteiger charge is -2.29. The Morgan fingerprint density at radius 2 is 2.08 bits per heavy atom. The van der Waals surface area contributed by atoms with Crippen molar-refractivity contribution in [3.63, 3.8) is 0 Å². The average molecular weight is 349 g/mol. The van der Waals surface area contributed by atoms with Crippen LogP contribution in [-0.4, -0.2) is 46.5 Å². The number of hydrogen-bond acceptors (Lipinski definition) is 8. The van der Waals surface area contributed by atoms with Gasteiger partial charge in [0, 0.05) is 43.1 Å². The topological polar surface area (TPSA) is 97.3 Å². The van der Waals surface area contributed by atoms with Crippen molar-refractivity contribution in [2.75, 3.05) is 31.1 Å². The zero-order chi connectivity index (χ0) is 17.1. The van der Waals surface area contributed by atoms with Gasteiger partial charge in [-0.3, -0.25) is 10.1 Å². The van der Waals surface area contributed by atoms with Crippen molar-refractivity contribution in [1.82, 2.24) is 15.5 Å². The summed E-state index contributed by atoms with van der Waals surface area (Å²) >= 11 is 1.46. The number of piperazine rings is 1. The second kappa shape index (κ2) is 7.18. The number of rotatable bonds is 5. The molecule has 1 aromatic carbocycles. The lowest BCUT2D eigenvalue weighted by Crippen LogP contribution is -2.43. The Morgan fingerprint density at radius 1 is 1.33 bits per heavy atom. The number of benzene rings is 1. The lowest BCUT2D eigenvalue weighted by atomic mass is 10.1. The number of nitrogens with zero attached hydrogens (tertiary/aromatic N) is 4. The summed E-state index contributed by atoms with van der Waals surface area (Å²) in [6.07, 6.45) is 0. The van der Waals surface area contributed by atoms with Gasteiger partial charge in [0.25, 0.3) is 10.9 Å². The summed E-state index contributed by atoms with van der Waals surface area (Å²) in [5.41, 5.74) is 1.25. The number of hydrogen-bond donors (Lipinski definition) is 1. The first kappa shape index (κ1) is 16.7. The molecule has 1 aliphatic heterocycles. The van der Waals surface area contributed by atoms with Crippen molar-refractivity contribution in [2.45, 2.75) is 24.3 Å². The van der Waals surface area contributed by atoms with Crippen LogP contribution in [0.1, 0.15) is 13.8 Å². The number of nitro groups is 1. The second-order valence-electron chi connectivity index (χ2n) is 5.74. The molecule has 0 spiro atoms. The van der Waals surface area contributed by atoms with E-state index in [2.05, 4.69) is 15.5 Å². The molecule has 3 rings (SSSR count). The summed E-state index contributed by atoms with van der Waals surface area (Å²) in [5.74, 6) is 0.299. The van der Waals surface area contributed by atoms with Gasteiger partial charge in [-0.25, -0.2) is 0 Å². The van der Waals surface area contributed by atoms with Gasteiger partial charge in [0.1, 0.15) is 5.69 Å². The van der Waals surface area contributed by atoms with Crippen molar-refractivity contribution in [3.8, 4) is 11.5 Å². The van der Waals surface area contributed by atoms with E-state index in [9.17, 15) is 10.1 Å². The predicted octanol–water partition coefficient (Wildman–Crippen LogP) is 2.55. The van der Waals surface area contributed by atoms with Crippen molar-refractivity contribution in [2.24, 2.45) is 0 Å². The standard InChI is InChI=1S/C15H19N5O3S/c1-10(2)24-15-18-17-14(23-15)11-3-4-12(13(9-11)20(21)22)19-7-5-16-6-8-19/h3-4,9-10,16H,5-8H2,1-2H3. The van der Waals surface area contributed by atoms with Gasteiger partial charge in [-0.2, -0.15) is 0 Å². The molecule has 0 saturated carbocycles. The van der Waals surface area contributed by atoms with Crippen molar-refractivity contribution < 1.29 is 9.34 Å². The Labute approximate surface area is 143 Å². The maximum absolute atomic E-state index is 11.5. The van der Waals surface area contributed by atoms with E-state index >= 15 is 0 Å². The highest BCUT2D eigenvalue weighted by Gasteiger charge is 2.23. The summed E-state index contributed by atoms with van der Waals surface area (Å²) in [7, 11) is 0. The smallest absolute Gasteiger partial charge is 0.293 e. The molecule has 8 nitrogen and oxygen atoms in total. The predicted molar refractivity (Wildman–Crippen MR) is 92.5 cm³/mol. The van der Waals surface area contributed by atoms with E-state index in [0.29, 0.717) is 27.6 Å². The molecule has 0 bridgehead atoms. The van der Waals surface area contributed by atoms with Gasteiger partial charge in [-0.1, -0.05) is 25.6 Å². The van der Waals surface area contributed by atoms with Crippen LogP contribution in [0.15, 0.2) is 27.8 Å². The van der Waals surface area contributed by atoms with E-state index in [-0.39, 0.29) is 10.6 Å². The van der Waals surface area contributed by atoms with Gasteiger partial charge in [0.15, 0.2) is 0 Å². The van der Waals surface area contributed by atoms with Crippen molar-refractivity contribution >= 4 is 23.1 Å². The molecule has 0 aliphatic carbocycles. The van der Waals surface area contributed by atoms with Gasteiger partial charge < -0.3 is 14.6 Å². The minimum absolute atomic E-state index is 0.0608. The number of anilines is 1. The third kappa shape index (κ3) is 3.68. The van der Waals surface area contributed by atoms with Crippen LogP contribution in [0.5, 0.6) is 0 Å². The van der Waals surface area contributed by atoms with Gasteiger partial charge in [0.05, 0.1) is 4.92 Å². The molecule has 1 saturated heterocycles. The molecule has 0 amide bonds. The maximum atomic E-state index is 11.5. The molecule has 9 heteroatoms. The van der Waals surface area contributed by atoms with Gasteiger partial charge in [-0.15, -0.1) is 10.2 Å². The summed E-state index contributed by atoms with van der Waals surface area (Å²) < 4.78 is 5.60. The van der Waals surface area contributed by atoms with E-state index in [1.807, 2.05) is 18.7 Å². The monoisotopic (exact) mass is 349 g/mol. The van der Waals surface area contributed by atoms with Crippen LogP contribution in [0.3, 0.4) is 0 Å². The summed E-state index contributed by atoms with van der Waals surface area (Å²) in [4.78, 5) is 13.2. The van der Waals surface area contributed by atoms with E-state index < -0.39 is 0 Å². The molecule has 128 valence electrons. The van der Waals surface area contributed by atoms with Crippen molar-refractivity contribution in [3.05, 3.63) is 28.3 Å². The van der Waals surface area contributed by atoms with E-state index in [4.69, 9.17) is 4.42 Å².